The van der Waals surface area contributed by atoms with E-state index < -0.39 is 17.8 Å². The number of anilines is 1. The molecule has 0 spiro atoms. The van der Waals surface area contributed by atoms with Gasteiger partial charge in [0.25, 0.3) is 0 Å². The number of hydrogen-bond donors (Lipinski definition) is 2. The lowest BCUT2D eigenvalue weighted by molar-refractivity contribution is -0.124. The van der Waals surface area contributed by atoms with E-state index in [1.54, 1.807) is 18.2 Å². The number of benzene rings is 1. The third-order valence-electron chi connectivity index (χ3n) is 4.25. The van der Waals surface area contributed by atoms with E-state index in [0.29, 0.717) is 11.0 Å². The van der Waals surface area contributed by atoms with Gasteiger partial charge in [0.15, 0.2) is 0 Å². The van der Waals surface area contributed by atoms with Gasteiger partial charge in [-0.15, -0.1) is 0 Å². The highest BCUT2D eigenvalue weighted by molar-refractivity contribution is 6.03. The van der Waals surface area contributed by atoms with Crippen molar-refractivity contribution in [2.45, 2.75) is 31.6 Å². The van der Waals surface area contributed by atoms with Crippen molar-refractivity contribution in [1.29, 1.82) is 0 Å². The summed E-state index contributed by atoms with van der Waals surface area (Å²) in [6.07, 6.45) is -0.269. The molecule has 1 amide bonds. The Labute approximate surface area is 136 Å². The maximum absolute atomic E-state index is 13.2. The summed E-state index contributed by atoms with van der Waals surface area (Å²) >= 11 is 0. The van der Waals surface area contributed by atoms with E-state index in [0.717, 1.165) is 0 Å². The van der Waals surface area contributed by atoms with Gasteiger partial charge in [-0.05, 0) is 25.0 Å². The molecule has 1 saturated carbocycles. The Morgan fingerprint density at radius 3 is 2.71 bits per heavy atom. The van der Waals surface area contributed by atoms with Crippen LogP contribution in [0.4, 0.5) is 14.7 Å². The molecule has 0 unspecified atom stereocenters. The summed E-state index contributed by atoms with van der Waals surface area (Å²) in [5.74, 6) is -3.82. The van der Waals surface area contributed by atoms with Gasteiger partial charge in [-0.3, -0.25) is 10.1 Å². The molecule has 1 aromatic carbocycles. The highest BCUT2D eigenvalue weighted by Crippen LogP contribution is 2.36. The minimum absolute atomic E-state index is 0.145. The van der Waals surface area contributed by atoms with E-state index in [-0.39, 0.29) is 43.1 Å². The van der Waals surface area contributed by atoms with Crippen molar-refractivity contribution < 1.29 is 23.1 Å². The number of hydrogen-bond acceptors (Lipinski definition) is 4. The molecule has 3 rings (SSSR count). The first kappa shape index (κ1) is 16.4. The second kappa shape index (κ2) is 6.18. The molecule has 1 heterocycles. The van der Waals surface area contributed by atoms with E-state index in [1.807, 2.05) is 0 Å². The molecule has 0 saturated heterocycles. The van der Waals surface area contributed by atoms with Crippen molar-refractivity contribution >= 4 is 28.9 Å². The summed E-state index contributed by atoms with van der Waals surface area (Å²) in [7, 11) is 1.27. The molecule has 8 heteroatoms. The predicted octanol–water partition coefficient (Wildman–Crippen LogP) is 3.11. The largest absolute Gasteiger partial charge is 0.465 e. The first-order valence-electron chi connectivity index (χ1n) is 7.65. The van der Waals surface area contributed by atoms with Crippen LogP contribution in [0.3, 0.4) is 0 Å². The monoisotopic (exact) mass is 337 g/mol. The zero-order chi connectivity index (χ0) is 17.3. The molecule has 128 valence electrons. The van der Waals surface area contributed by atoms with Crippen molar-refractivity contribution in [2.75, 3.05) is 12.4 Å². The SMILES string of the molecule is COC(=O)c1cccc2[nH]c(NC(=O)C3CCC(F)(F)CC3)nc12. The number of carbonyl (C=O) groups is 2. The zero-order valence-corrected chi connectivity index (χ0v) is 13.1. The van der Waals surface area contributed by atoms with Crippen molar-refractivity contribution in [1.82, 2.24) is 9.97 Å². The Morgan fingerprint density at radius 2 is 2.04 bits per heavy atom. The fraction of sp³-hybridized carbons (Fsp3) is 0.438. The third-order valence-corrected chi connectivity index (χ3v) is 4.25. The average molecular weight is 337 g/mol. The molecule has 0 radical (unpaired) electrons. The van der Waals surface area contributed by atoms with Crippen molar-refractivity contribution in [3.63, 3.8) is 0 Å². The molecule has 1 aliphatic rings. The minimum atomic E-state index is -2.68. The van der Waals surface area contributed by atoms with E-state index in [1.165, 1.54) is 7.11 Å². The number of methoxy groups -OCH3 is 1. The lowest BCUT2D eigenvalue weighted by Gasteiger charge is -2.27. The summed E-state index contributed by atoms with van der Waals surface area (Å²) in [6, 6.07) is 4.96. The number of imidazole rings is 1. The van der Waals surface area contributed by atoms with Gasteiger partial charge in [-0.1, -0.05) is 6.07 Å². The van der Waals surface area contributed by atoms with Gasteiger partial charge in [0, 0.05) is 18.8 Å². The Bertz CT molecular complexity index is 778. The molecule has 0 aliphatic heterocycles. The van der Waals surface area contributed by atoms with Crippen LogP contribution in [-0.2, 0) is 9.53 Å². The number of alkyl halides is 2. The van der Waals surface area contributed by atoms with Crippen LogP contribution in [0.1, 0.15) is 36.0 Å². The van der Waals surface area contributed by atoms with Gasteiger partial charge in [0.2, 0.25) is 17.8 Å². The molecule has 2 aromatic rings. The number of para-hydroxylation sites is 1. The lowest BCUT2D eigenvalue weighted by Crippen LogP contribution is -2.32. The number of nitrogens with zero attached hydrogens (tertiary/aromatic N) is 1. The third kappa shape index (κ3) is 3.22. The maximum atomic E-state index is 13.2. The van der Waals surface area contributed by atoms with Crippen LogP contribution < -0.4 is 5.32 Å². The maximum Gasteiger partial charge on any atom is 0.340 e. The van der Waals surface area contributed by atoms with Crippen LogP contribution in [0.15, 0.2) is 18.2 Å². The van der Waals surface area contributed by atoms with Crippen LogP contribution in [0.2, 0.25) is 0 Å². The topological polar surface area (TPSA) is 84.1 Å². The van der Waals surface area contributed by atoms with Crippen LogP contribution in [0, 0.1) is 5.92 Å². The fourth-order valence-electron chi connectivity index (χ4n) is 2.89. The summed E-state index contributed by atoms with van der Waals surface area (Å²) < 4.78 is 31.0. The molecule has 6 nitrogen and oxygen atoms in total. The highest BCUT2D eigenvalue weighted by Gasteiger charge is 2.37. The Balaban J connectivity index is 1.76. The van der Waals surface area contributed by atoms with Crippen LogP contribution in [0.5, 0.6) is 0 Å². The second-order valence-corrected chi connectivity index (χ2v) is 5.90. The Kier molecular flexibility index (Phi) is 4.21. The number of nitrogens with one attached hydrogen (secondary N) is 2. The smallest absolute Gasteiger partial charge is 0.340 e. The second-order valence-electron chi connectivity index (χ2n) is 5.90. The normalized spacial score (nSPS) is 17.6. The van der Waals surface area contributed by atoms with E-state index in [9.17, 15) is 18.4 Å². The van der Waals surface area contributed by atoms with Crippen LogP contribution >= 0.6 is 0 Å². The van der Waals surface area contributed by atoms with Gasteiger partial charge in [-0.25, -0.2) is 18.6 Å². The standard InChI is InChI=1S/C16H17F2N3O3/c1-24-14(23)10-3-2-4-11-12(10)20-15(19-11)21-13(22)9-5-7-16(17,18)8-6-9/h2-4,9H,5-8H2,1H3,(H2,19,20,21,22). The van der Waals surface area contributed by atoms with Gasteiger partial charge in [0.1, 0.15) is 5.52 Å². The number of carbonyl (C=O) groups excluding carboxylic acids is 2. The van der Waals surface area contributed by atoms with Gasteiger partial charge in [-0.2, -0.15) is 0 Å². The van der Waals surface area contributed by atoms with Gasteiger partial charge >= 0.3 is 5.97 Å². The fourth-order valence-corrected chi connectivity index (χ4v) is 2.89. The van der Waals surface area contributed by atoms with E-state index in [4.69, 9.17) is 4.74 Å². The first-order chi connectivity index (χ1) is 11.4. The van der Waals surface area contributed by atoms with Crippen LogP contribution in [0.25, 0.3) is 11.0 Å². The summed E-state index contributed by atoms with van der Waals surface area (Å²) in [4.78, 5) is 31.1. The number of amides is 1. The van der Waals surface area contributed by atoms with Crippen LogP contribution in [-0.4, -0.2) is 34.9 Å². The number of fused-ring (bicyclic) bond motifs is 1. The minimum Gasteiger partial charge on any atom is -0.465 e. The molecule has 1 aromatic heterocycles. The quantitative estimate of drug-likeness (QED) is 0.843. The Morgan fingerprint density at radius 1 is 1.33 bits per heavy atom. The lowest BCUT2D eigenvalue weighted by atomic mass is 9.86. The Hall–Kier alpha value is -2.51. The summed E-state index contributed by atoms with van der Waals surface area (Å²) in [6.45, 7) is 0. The number of rotatable bonds is 3. The predicted molar refractivity (Wildman–Crippen MR) is 83.0 cm³/mol. The molecule has 1 fully saturated rings. The van der Waals surface area contributed by atoms with E-state index in [2.05, 4.69) is 15.3 Å². The molecule has 0 bridgehead atoms. The summed E-state index contributed by atoms with van der Waals surface area (Å²) in [5.41, 5.74) is 1.24. The number of aromatic amines is 1. The molecular weight excluding hydrogens is 320 g/mol. The number of ether oxygens (including phenoxy) is 1. The average Bonchev–Trinajstić information content (AvgIpc) is 2.96. The number of esters is 1. The first-order valence-corrected chi connectivity index (χ1v) is 7.65. The zero-order valence-electron chi connectivity index (χ0n) is 13.1. The van der Waals surface area contributed by atoms with Gasteiger partial charge in [0.05, 0.1) is 18.2 Å². The summed E-state index contributed by atoms with van der Waals surface area (Å²) in [5, 5.41) is 2.61. The molecule has 0 atom stereocenters. The van der Waals surface area contributed by atoms with E-state index >= 15 is 0 Å². The number of halogens is 2. The molecule has 24 heavy (non-hydrogen) atoms. The van der Waals surface area contributed by atoms with Crippen molar-refractivity contribution in [3.05, 3.63) is 23.8 Å². The number of H-pyrrole nitrogens is 1. The highest BCUT2D eigenvalue weighted by atomic mass is 19.3. The van der Waals surface area contributed by atoms with Crippen molar-refractivity contribution in [3.8, 4) is 0 Å². The van der Waals surface area contributed by atoms with Gasteiger partial charge < -0.3 is 9.72 Å². The molecule has 1 aliphatic carbocycles. The number of aromatic nitrogens is 2. The van der Waals surface area contributed by atoms with Crippen molar-refractivity contribution in [2.24, 2.45) is 5.92 Å². The molecular formula is C16H17F2N3O3. The molecule has 2 N–H and O–H groups in total.